The lowest BCUT2D eigenvalue weighted by Crippen LogP contribution is -2.62. The van der Waals surface area contributed by atoms with E-state index in [1.807, 2.05) is 0 Å². The maximum Gasteiger partial charge on any atom is 0.0858 e. The SMILES string of the molecule is CO[C@@]1([Si](C)(C)C)CCCC[C@@H]1O. The summed E-state index contributed by atoms with van der Waals surface area (Å²) in [6.07, 6.45) is 4.07. The van der Waals surface area contributed by atoms with Crippen molar-refractivity contribution in [1.29, 1.82) is 0 Å². The molecule has 0 aromatic carbocycles. The Hall–Kier alpha value is 0.137. The molecule has 0 radical (unpaired) electrons. The van der Waals surface area contributed by atoms with E-state index in [2.05, 4.69) is 19.6 Å². The van der Waals surface area contributed by atoms with Gasteiger partial charge in [-0.2, -0.15) is 0 Å². The van der Waals surface area contributed by atoms with Gasteiger partial charge in [0.2, 0.25) is 0 Å². The Bertz CT molecular complexity index is 176. The van der Waals surface area contributed by atoms with E-state index in [0.717, 1.165) is 19.3 Å². The first-order valence-corrected chi connectivity index (χ1v) is 8.67. The summed E-state index contributed by atoms with van der Waals surface area (Å²) in [6.45, 7) is 6.85. The Morgan fingerprint density at radius 2 is 1.92 bits per heavy atom. The summed E-state index contributed by atoms with van der Waals surface area (Å²) < 4.78 is 5.67. The van der Waals surface area contributed by atoms with Crippen molar-refractivity contribution in [2.24, 2.45) is 0 Å². The fraction of sp³-hybridized carbons (Fsp3) is 1.00. The summed E-state index contributed by atoms with van der Waals surface area (Å²) in [5.41, 5.74) is 0. The molecule has 2 nitrogen and oxygen atoms in total. The van der Waals surface area contributed by atoms with Gasteiger partial charge in [-0.25, -0.2) is 0 Å². The van der Waals surface area contributed by atoms with E-state index in [4.69, 9.17) is 4.74 Å². The van der Waals surface area contributed by atoms with Gasteiger partial charge >= 0.3 is 0 Å². The molecular formula is C10H22O2Si. The van der Waals surface area contributed by atoms with Crippen LogP contribution in [0.2, 0.25) is 19.6 Å². The van der Waals surface area contributed by atoms with E-state index in [1.165, 1.54) is 6.42 Å². The molecule has 13 heavy (non-hydrogen) atoms. The molecule has 0 spiro atoms. The van der Waals surface area contributed by atoms with E-state index in [0.29, 0.717) is 0 Å². The van der Waals surface area contributed by atoms with Crippen molar-refractivity contribution in [2.75, 3.05) is 7.11 Å². The molecule has 1 rings (SSSR count). The molecule has 0 amide bonds. The van der Waals surface area contributed by atoms with Crippen molar-refractivity contribution in [3.63, 3.8) is 0 Å². The summed E-state index contributed by atoms with van der Waals surface area (Å²) in [5.74, 6) is 0. The number of aliphatic hydroxyl groups is 1. The molecule has 78 valence electrons. The summed E-state index contributed by atoms with van der Waals surface area (Å²) in [6, 6.07) is 0. The van der Waals surface area contributed by atoms with Crippen LogP contribution in [-0.4, -0.2) is 31.6 Å². The zero-order chi connectivity index (χ0) is 10.1. The quantitative estimate of drug-likeness (QED) is 0.696. The monoisotopic (exact) mass is 202 g/mol. The molecule has 3 heteroatoms. The summed E-state index contributed by atoms with van der Waals surface area (Å²) in [5, 5.41) is 9.88. The number of hydrogen-bond acceptors (Lipinski definition) is 2. The second-order valence-electron chi connectivity index (χ2n) is 5.11. The highest BCUT2D eigenvalue weighted by atomic mass is 28.3. The van der Waals surface area contributed by atoms with Crippen molar-refractivity contribution in [2.45, 2.75) is 56.7 Å². The molecule has 2 atom stereocenters. The van der Waals surface area contributed by atoms with E-state index in [1.54, 1.807) is 7.11 Å². The van der Waals surface area contributed by atoms with E-state index >= 15 is 0 Å². The molecule has 0 unspecified atom stereocenters. The lowest BCUT2D eigenvalue weighted by atomic mass is 9.94. The molecule has 1 aliphatic rings. The first kappa shape index (κ1) is 11.2. The highest BCUT2D eigenvalue weighted by Crippen LogP contribution is 2.38. The van der Waals surface area contributed by atoms with Crippen molar-refractivity contribution in [3.8, 4) is 0 Å². The predicted molar refractivity (Wildman–Crippen MR) is 57.6 cm³/mol. The highest BCUT2D eigenvalue weighted by Gasteiger charge is 2.50. The van der Waals surface area contributed by atoms with Crippen LogP contribution in [0.3, 0.4) is 0 Å². The van der Waals surface area contributed by atoms with Crippen LogP contribution >= 0.6 is 0 Å². The van der Waals surface area contributed by atoms with E-state index in [9.17, 15) is 5.11 Å². The van der Waals surface area contributed by atoms with Gasteiger partial charge in [-0.1, -0.05) is 32.5 Å². The van der Waals surface area contributed by atoms with E-state index < -0.39 is 8.07 Å². The van der Waals surface area contributed by atoms with Crippen LogP contribution in [0.15, 0.2) is 0 Å². The Kier molecular flexibility index (Phi) is 3.20. The molecule has 1 fully saturated rings. The van der Waals surface area contributed by atoms with Gasteiger partial charge in [0.05, 0.1) is 19.4 Å². The normalized spacial score (nSPS) is 36.2. The fourth-order valence-corrected chi connectivity index (χ4v) is 5.23. The molecule has 0 aliphatic heterocycles. The average molecular weight is 202 g/mol. The van der Waals surface area contributed by atoms with Gasteiger partial charge in [-0.3, -0.25) is 0 Å². The van der Waals surface area contributed by atoms with Gasteiger partial charge in [0, 0.05) is 7.11 Å². The minimum absolute atomic E-state index is 0.189. The molecule has 0 saturated heterocycles. The Labute approximate surface area is 82.3 Å². The van der Waals surface area contributed by atoms with Crippen LogP contribution in [0.5, 0.6) is 0 Å². The lowest BCUT2D eigenvalue weighted by Gasteiger charge is -2.48. The Balaban J connectivity index is 2.89. The van der Waals surface area contributed by atoms with Crippen LogP contribution in [0, 0.1) is 0 Å². The van der Waals surface area contributed by atoms with Gasteiger partial charge < -0.3 is 9.84 Å². The minimum atomic E-state index is -1.44. The number of rotatable bonds is 2. The van der Waals surface area contributed by atoms with Crippen LogP contribution in [0.1, 0.15) is 25.7 Å². The highest BCUT2D eigenvalue weighted by molar-refractivity contribution is 6.79. The van der Waals surface area contributed by atoms with E-state index in [-0.39, 0.29) is 11.3 Å². The molecule has 0 heterocycles. The third-order valence-corrected chi connectivity index (χ3v) is 6.77. The Morgan fingerprint density at radius 3 is 2.23 bits per heavy atom. The predicted octanol–water partition coefficient (Wildman–Crippen LogP) is 2.18. The van der Waals surface area contributed by atoms with Gasteiger partial charge in [-0.15, -0.1) is 0 Å². The molecule has 1 saturated carbocycles. The number of aliphatic hydroxyl groups excluding tert-OH is 1. The third-order valence-electron chi connectivity index (χ3n) is 3.45. The largest absolute Gasteiger partial charge is 0.390 e. The van der Waals surface area contributed by atoms with Crippen LogP contribution in [0.25, 0.3) is 0 Å². The van der Waals surface area contributed by atoms with Crippen molar-refractivity contribution in [1.82, 2.24) is 0 Å². The smallest absolute Gasteiger partial charge is 0.0858 e. The third kappa shape index (κ3) is 1.83. The van der Waals surface area contributed by atoms with Crippen molar-refractivity contribution in [3.05, 3.63) is 0 Å². The standard InChI is InChI=1S/C10H22O2Si/c1-12-10(13(2,3)4)8-6-5-7-9(10)11/h9,11H,5-8H2,1-4H3/t9-,10+/m0/s1. The van der Waals surface area contributed by atoms with Gasteiger partial charge in [0.1, 0.15) is 0 Å². The maximum absolute atomic E-state index is 10.1. The maximum atomic E-state index is 10.1. The number of methoxy groups -OCH3 is 1. The molecule has 1 aliphatic carbocycles. The number of ether oxygens (including phenoxy) is 1. The molecule has 0 aromatic rings. The van der Waals surface area contributed by atoms with Gasteiger partial charge in [0.15, 0.2) is 0 Å². The minimum Gasteiger partial charge on any atom is -0.390 e. The lowest BCUT2D eigenvalue weighted by molar-refractivity contribution is -0.0753. The average Bonchev–Trinajstić information content (AvgIpc) is 2.03. The van der Waals surface area contributed by atoms with Gasteiger partial charge in [-0.05, 0) is 12.8 Å². The first-order chi connectivity index (χ1) is 5.94. The summed E-state index contributed by atoms with van der Waals surface area (Å²) in [4.78, 5) is 0. The second kappa shape index (κ2) is 3.71. The van der Waals surface area contributed by atoms with Gasteiger partial charge in [0.25, 0.3) is 0 Å². The molecular weight excluding hydrogens is 180 g/mol. The van der Waals surface area contributed by atoms with Crippen molar-refractivity contribution < 1.29 is 9.84 Å². The van der Waals surface area contributed by atoms with Crippen LogP contribution < -0.4 is 0 Å². The molecule has 0 aromatic heterocycles. The Morgan fingerprint density at radius 1 is 1.31 bits per heavy atom. The fourth-order valence-electron chi connectivity index (χ4n) is 2.54. The molecule has 1 N–H and O–H groups in total. The zero-order valence-corrected chi connectivity index (χ0v) is 10.3. The van der Waals surface area contributed by atoms with Crippen LogP contribution in [-0.2, 0) is 4.74 Å². The molecule has 0 bridgehead atoms. The van der Waals surface area contributed by atoms with Crippen LogP contribution in [0.4, 0.5) is 0 Å². The van der Waals surface area contributed by atoms with Crippen molar-refractivity contribution >= 4 is 8.07 Å². The topological polar surface area (TPSA) is 29.5 Å². The zero-order valence-electron chi connectivity index (χ0n) is 9.26. The summed E-state index contributed by atoms with van der Waals surface area (Å²) in [7, 11) is 0.315. The number of hydrogen-bond donors (Lipinski definition) is 1. The first-order valence-electron chi connectivity index (χ1n) is 5.17. The summed E-state index contributed by atoms with van der Waals surface area (Å²) >= 11 is 0. The second-order valence-corrected chi connectivity index (χ2v) is 10.5.